The second kappa shape index (κ2) is 13.0. The van der Waals surface area contributed by atoms with Crippen molar-refractivity contribution >= 4 is 11.8 Å². The van der Waals surface area contributed by atoms with Crippen LogP contribution < -0.4 is 9.47 Å². The van der Waals surface area contributed by atoms with E-state index in [1.165, 1.54) is 5.56 Å². The van der Waals surface area contributed by atoms with Crippen molar-refractivity contribution in [2.45, 2.75) is 79.1 Å². The lowest BCUT2D eigenvalue weighted by Gasteiger charge is -2.50. The Bertz CT molecular complexity index is 1110. The molecule has 0 amide bonds. The molecule has 0 spiro atoms. The van der Waals surface area contributed by atoms with E-state index in [1.54, 1.807) is 0 Å². The van der Waals surface area contributed by atoms with Crippen LogP contribution in [-0.2, 0) is 22.4 Å². The van der Waals surface area contributed by atoms with Crippen LogP contribution in [0.5, 0.6) is 11.5 Å². The number of carbonyl (C=O) groups is 2. The number of unbranched alkanes of at least 4 members (excludes halogenated alkanes) is 1. The molecule has 3 rings (SSSR count). The minimum Gasteiger partial charge on any atom is -0.492 e. The normalized spacial score (nSPS) is 16.1. The third kappa shape index (κ3) is 7.37. The highest BCUT2D eigenvalue weighted by Crippen LogP contribution is 2.56. The number of carbonyl (C=O) groups excluding carboxylic acids is 1. The van der Waals surface area contributed by atoms with Crippen molar-refractivity contribution in [1.82, 2.24) is 0 Å². The maximum atomic E-state index is 13.7. The van der Waals surface area contributed by atoms with E-state index in [4.69, 9.17) is 9.47 Å². The molecule has 204 valence electrons. The van der Waals surface area contributed by atoms with Crippen LogP contribution in [0.4, 0.5) is 0 Å². The monoisotopic (exact) mass is 519 g/mol. The van der Waals surface area contributed by atoms with Gasteiger partial charge in [-0.3, -0.25) is 9.59 Å². The van der Waals surface area contributed by atoms with Gasteiger partial charge in [-0.25, -0.2) is 0 Å². The van der Waals surface area contributed by atoms with E-state index in [0.29, 0.717) is 56.0 Å². The van der Waals surface area contributed by atoms with Crippen LogP contribution >= 0.6 is 0 Å². The number of nitriles is 1. The van der Waals surface area contributed by atoms with E-state index >= 15 is 0 Å². The zero-order chi connectivity index (χ0) is 27.8. The number of nitrogens with zero attached hydrogens (tertiary/aromatic N) is 1. The Hall–Kier alpha value is -3.33. The molecular weight excluding hydrogens is 478 g/mol. The minimum atomic E-state index is -0.972. The lowest BCUT2D eigenvalue weighted by atomic mass is 9.52. The number of hydrogen-bond acceptors (Lipinski definition) is 5. The number of benzene rings is 2. The standard InChI is InChI=1S/C32H41NO5/c1-5-37-28-17-24(18-29(38-6-2)26(28)20-33)16-25(15-11-10-14-23-12-8-7-9-13-23)27(34)19-32(30(35)36)21-31(3,4)22-32/h7-9,12-13,17-18,25H,5-6,10-11,14-16,19,21-22H2,1-4H3,(H,35,36). The molecular formula is C32H41NO5. The first kappa shape index (κ1) is 29.2. The van der Waals surface area contributed by atoms with Gasteiger partial charge < -0.3 is 14.6 Å². The Balaban J connectivity index is 1.82. The third-order valence-electron chi connectivity index (χ3n) is 7.49. The Morgan fingerprint density at radius 1 is 1.00 bits per heavy atom. The fourth-order valence-corrected chi connectivity index (χ4v) is 6.05. The van der Waals surface area contributed by atoms with Gasteiger partial charge >= 0.3 is 5.97 Å². The molecule has 6 heteroatoms. The van der Waals surface area contributed by atoms with E-state index in [9.17, 15) is 20.0 Å². The van der Waals surface area contributed by atoms with Crippen LogP contribution in [0, 0.1) is 28.1 Å². The van der Waals surface area contributed by atoms with Crippen LogP contribution in [-0.4, -0.2) is 30.1 Å². The zero-order valence-corrected chi connectivity index (χ0v) is 23.2. The fraction of sp³-hybridized carbons (Fsp3) is 0.531. The molecule has 2 aromatic carbocycles. The summed E-state index contributed by atoms with van der Waals surface area (Å²) < 4.78 is 11.5. The molecule has 0 aliphatic heterocycles. The summed E-state index contributed by atoms with van der Waals surface area (Å²) in [4.78, 5) is 25.9. The Kier molecular flexibility index (Phi) is 9.96. The van der Waals surface area contributed by atoms with Crippen LogP contribution in [0.3, 0.4) is 0 Å². The van der Waals surface area contributed by atoms with E-state index in [0.717, 1.165) is 24.8 Å². The molecule has 1 saturated carbocycles. The molecule has 6 nitrogen and oxygen atoms in total. The van der Waals surface area contributed by atoms with Gasteiger partial charge in [0.25, 0.3) is 0 Å². The fourth-order valence-electron chi connectivity index (χ4n) is 6.05. The van der Waals surface area contributed by atoms with Crippen molar-refractivity contribution in [3.05, 3.63) is 59.2 Å². The first-order valence-electron chi connectivity index (χ1n) is 13.8. The molecule has 2 aromatic rings. The largest absolute Gasteiger partial charge is 0.492 e. The predicted molar refractivity (Wildman–Crippen MR) is 147 cm³/mol. The number of ether oxygens (including phenoxy) is 2. The third-order valence-corrected chi connectivity index (χ3v) is 7.49. The van der Waals surface area contributed by atoms with Gasteiger partial charge in [-0.1, -0.05) is 50.6 Å². The van der Waals surface area contributed by atoms with Crippen molar-refractivity contribution < 1.29 is 24.2 Å². The second-order valence-corrected chi connectivity index (χ2v) is 11.3. The number of hydrogen-bond donors (Lipinski definition) is 1. The number of aryl methyl sites for hydroxylation is 1. The highest BCUT2D eigenvalue weighted by atomic mass is 16.5. The maximum absolute atomic E-state index is 13.7. The Labute approximate surface area is 227 Å². The van der Waals surface area contributed by atoms with Gasteiger partial charge in [-0.2, -0.15) is 5.26 Å². The predicted octanol–water partition coefficient (Wildman–Crippen LogP) is 6.78. The van der Waals surface area contributed by atoms with Crippen LogP contribution in [0.15, 0.2) is 42.5 Å². The molecule has 1 fully saturated rings. The molecule has 1 aliphatic rings. The maximum Gasteiger partial charge on any atom is 0.310 e. The number of ketones is 1. The summed E-state index contributed by atoms with van der Waals surface area (Å²) >= 11 is 0. The van der Waals surface area contributed by atoms with Gasteiger partial charge in [0.1, 0.15) is 28.9 Å². The topological polar surface area (TPSA) is 96.6 Å². The lowest BCUT2D eigenvalue weighted by Crippen LogP contribution is -2.50. The summed E-state index contributed by atoms with van der Waals surface area (Å²) in [6, 6.07) is 16.1. The van der Waals surface area contributed by atoms with Gasteiger partial charge in [-0.05, 0) is 81.0 Å². The summed E-state index contributed by atoms with van der Waals surface area (Å²) in [5, 5.41) is 19.7. The number of Topliss-reactive ketones (excluding diaryl/α,β-unsaturated/α-hetero) is 1. The number of aliphatic carboxylic acids is 1. The minimum absolute atomic E-state index is 0.00268. The van der Waals surface area contributed by atoms with Crippen LogP contribution in [0.25, 0.3) is 0 Å². The van der Waals surface area contributed by atoms with E-state index in [-0.39, 0.29) is 23.5 Å². The molecule has 1 N–H and O–H groups in total. The second-order valence-electron chi connectivity index (χ2n) is 11.3. The molecule has 0 saturated heterocycles. The first-order chi connectivity index (χ1) is 18.1. The molecule has 38 heavy (non-hydrogen) atoms. The quantitative estimate of drug-likeness (QED) is 0.261. The van der Waals surface area contributed by atoms with Gasteiger partial charge in [0, 0.05) is 12.3 Å². The molecule has 1 unspecified atom stereocenters. The first-order valence-corrected chi connectivity index (χ1v) is 13.8. The van der Waals surface area contributed by atoms with Crippen molar-refractivity contribution in [2.24, 2.45) is 16.7 Å². The van der Waals surface area contributed by atoms with E-state index < -0.39 is 11.4 Å². The SMILES string of the molecule is CCOc1cc(CC(CCCCc2ccccc2)C(=O)CC2(C(=O)O)CC(C)(C)C2)cc(OCC)c1C#N. The molecule has 0 heterocycles. The average molecular weight is 520 g/mol. The Morgan fingerprint density at radius 2 is 1.61 bits per heavy atom. The van der Waals surface area contributed by atoms with Gasteiger partial charge in [0.2, 0.25) is 0 Å². The van der Waals surface area contributed by atoms with Gasteiger partial charge in [0.05, 0.1) is 18.6 Å². The smallest absolute Gasteiger partial charge is 0.310 e. The number of carboxylic acid groups (broad SMARTS) is 1. The molecule has 0 bridgehead atoms. The average Bonchev–Trinajstić information content (AvgIpc) is 2.85. The summed E-state index contributed by atoms with van der Waals surface area (Å²) in [6.07, 6.45) is 4.98. The molecule has 1 atom stereocenters. The van der Waals surface area contributed by atoms with E-state index in [2.05, 4.69) is 32.0 Å². The van der Waals surface area contributed by atoms with Crippen molar-refractivity contribution in [1.29, 1.82) is 5.26 Å². The zero-order valence-electron chi connectivity index (χ0n) is 23.2. The van der Waals surface area contributed by atoms with E-state index in [1.807, 2.05) is 44.2 Å². The molecule has 0 aromatic heterocycles. The summed E-state index contributed by atoms with van der Waals surface area (Å²) in [7, 11) is 0. The Morgan fingerprint density at radius 3 is 2.11 bits per heavy atom. The van der Waals surface area contributed by atoms with Crippen LogP contribution in [0.2, 0.25) is 0 Å². The summed E-state index contributed by atoms with van der Waals surface area (Å²) in [6.45, 7) is 8.64. The summed E-state index contributed by atoms with van der Waals surface area (Å²) in [5.74, 6) is -0.280. The van der Waals surface area contributed by atoms with Crippen molar-refractivity contribution in [3.8, 4) is 17.6 Å². The highest BCUT2D eigenvalue weighted by molar-refractivity contribution is 5.88. The molecule has 0 radical (unpaired) electrons. The molecule has 1 aliphatic carbocycles. The number of carboxylic acids is 1. The van der Waals surface area contributed by atoms with Gasteiger partial charge in [-0.15, -0.1) is 0 Å². The van der Waals surface area contributed by atoms with Crippen molar-refractivity contribution in [2.75, 3.05) is 13.2 Å². The van der Waals surface area contributed by atoms with Gasteiger partial charge in [0.15, 0.2) is 0 Å². The number of rotatable bonds is 15. The lowest BCUT2D eigenvalue weighted by molar-refractivity contribution is -0.167. The van der Waals surface area contributed by atoms with Crippen molar-refractivity contribution in [3.63, 3.8) is 0 Å². The summed E-state index contributed by atoms with van der Waals surface area (Å²) in [5.41, 5.74) is 1.45. The van der Waals surface area contributed by atoms with Crippen LogP contribution in [0.1, 0.15) is 82.9 Å². The highest BCUT2D eigenvalue weighted by Gasteiger charge is 2.55.